The van der Waals surface area contributed by atoms with Crippen LogP contribution in [0.15, 0.2) is 152 Å². The Morgan fingerprint density at radius 1 is 0.746 bits per heavy atom. The van der Waals surface area contributed by atoms with Gasteiger partial charge in [0.15, 0.2) is 5.60 Å². The molecule has 6 aromatic carbocycles. The molecule has 1 fully saturated rings. The lowest BCUT2D eigenvalue weighted by molar-refractivity contribution is -0.146. The van der Waals surface area contributed by atoms with Gasteiger partial charge in [-0.25, -0.2) is 0 Å². The first-order valence-corrected chi connectivity index (χ1v) is 27.8. The number of nitrogens with zero attached hydrogens (tertiary/aromatic N) is 6. The Balaban J connectivity index is 0.990. The van der Waals surface area contributed by atoms with Crippen LogP contribution < -0.4 is 24.6 Å². The number of anilines is 5. The summed E-state index contributed by atoms with van der Waals surface area (Å²) in [4.78, 5) is 48.9. The summed E-state index contributed by atoms with van der Waals surface area (Å²) in [6.07, 6.45) is 4.26. The second-order valence-electron chi connectivity index (χ2n) is 20.0. The number of aliphatic hydroxyl groups excluding tert-OH is 1. The quantitative estimate of drug-likeness (QED) is 0.113. The van der Waals surface area contributed by atoms with Crippen LogP contribution in [0, 0.1) is 5.92 Å². The third kappa shape index (κ3) is 7.96. The van der Waals surface area contributed by atoms with Gasteiger partial charge >= 0.3 is 0 Å². The van der Waals surface area contributed by atoms with Crippen LogP contribution in [0.5, 0.6) is 5.75 Å². The normalized spacial score (nSPS) is 21.1. The van der Waals surface area contributed by atoms with E-state index >= 15 is 4.79 Å². The number of para-hydroxylation sites is 2. The van der Waals surface area contributed by atoms with Gasteiger partial charge in [-0.05, 0) is 102 Å². The van der Waals surface area contributed by atoms with Crippen LogP contribution in [0.3, 0.4) is 0 Å². The molecule has 1 unspecified atom stereocenters. The van der Waals surface area contributed by atoms with E-state index in [1.54, 1.807) is 16.9 Å². The molecule has 360 valence electrons. The Hall–Kier alpha value is -7.19. The molecule has 12 nitrogen and oxygen atoms in total. The Labute approximate surface area is 415 Å². The number of rotatable bonds is 13. The summed E-state index contributed by atoms with van der Waals surface area (Å²) < 4.78 is 15.0. The van der Waals surface area contributed by atoms with E-state index in [2.05, 4.69) is 54.6 Å². The van der Waals surface area contributed by atoms with Crippen LogP contribution in [-0.2, 0) is 50.7 Å². The van der Waals surface area contributed by atoms with Gasteiger partial charge in [0.2, 0.25) is 11.8 Å². The SMILES string of the molecule is COc1ccc([Si](C)(C)[C@H]2[C@H](CCn3cc(C(CO)c4ccccc4)nn3)O[C@@]3(C(=O)N(Cc4ccc(N5C(=O)CCc6ccccc65)cc4)c4ccc(N5C(=O)CCc6ccccc65)cc43)[C@@H]2C)cc1. The van der Waals surface area contributed by atoms with Crippen LogP contribution >= 0.6 is 0 Å². The number of ether oxygens (including phenoxy) is 2. The molecule has 4 aliphatic heterocycles. The molecule has 1 saturated heterocycles. The minimum absolute atomic E-state index is 0.000807. The van der Waals surface area contributed by atoms with Crippen LogP contribution in [-0.4, -0.2) is 65.7 Å². The minimum atomic E-state index is -2.53. The number of carbonyl (C=O) groups excluding carboxylic acids is 3. The third-order valence-electron chi connectivity index (χ3n) is 15.7. The molecule has 71 heavy (non-hydrogen) atoms. The number of aliphatic hydroxyl groups is 1. The molecule has 0 radical (unpaired) electrons. The number of aryl methyl sites for hydroxylation is 3. The van der Waals surface area contributed by atoms with Crippen molar-refractivity contribution in [2.75, 3.05) is 28.4 Å². The van der Waals surface area contributed by atoms with Gasteiger partial charge in [-0.3, -0.25) is 28.9 Å². The van der Waals surface area contributed by atoms with Gasteiger partial charge < -0.3 is 19.5 Å². The zero-order valence-electron chi connectivity index (χ0n) is 40.6. The van der Waals surface area contributed by atoms with Crippen LogP contribution in [0.25, 0.3) is 0 Å². The summed E-state index contributed by atoms with van der Waals surface area (Å²) >= 11 is 0. The summed E-state index contributed by atoms with van der Waals surface area (Å²) in [6, 6.07) is 48.2. The summed E-state index contributed by atoms with van der Waals surface area (Å²) in [5.74, 6) is 0.0605. The van der Waals surface area contributed by atoms with E-state index in [0.717, 1.165) is 56.3 Å². The molecule has 13 heteroatoms. The Morgan fingerprint density at radius 3 is 2.01 bits per heavy atom. The molecular formula is C58H58N6O6Si. The molecule has 4 aliphatic rings. The van der Waals surface area contributed by atoms with Crippen molar-refractivity contribution >= 4 is 59.4 Å². The van der Waals surface area contributed by atoms with E-state index in [9.17, 15) is 14.7 Å². The van der Waals surface area contributed by atoms with Gasteiger partial charge in [-0.1, -0.05) is 121 Å². The summed E-state index contributed by atoms with van der Waals surface area (Å²) in [5, 5.41) is 20.8. The first-order valence-electron chi connectivity index (χ1n) is 24.8. The van der Waals surface area contributed by atoms with E-state index in [0.29, 0.717) is 50.0 Å². The molecule has 1 spiro atoms. The van der Waals surface area contributed by atoms with Crippen molar-refractivity contribution in [2.45, 2.75) is 88.4 Å². The summed E-state index contributed by atoms with van der Waals surface area (Å²) in [5.41, 5.74) is 8.03. The monoisotopic (exact) mass is 962 g/mol. The lowest BCUT2D eigenvalue weighted by atomic mass is 9.82. The van der Waals surface area contributed by atoms with Crippen molar-refractivity contribution in [3.8, 4) is 5.75 Å². The standard InChI is InChI=1S/C58H58N6O6Si/c1-38-56(71(3,4)46-27-25-45(69-2)26-28-46)53(32-33-61-36-49(59-60-61)47(37-65)40-12-6-5-7-13-40)70-58(38)48-34-44(64-51-17-11-9-15-42(51)21-31-55(64)67)24-29-52(48)62(57(58)68)35-39-18-22-43(23-19-39)63-50-16-10-8-14-41(50)20-30-54(63)66/h5-19,22-29,34,36,38,47,53,56,65H,20-21,30-33,35,37H2,1-4H3/t38-,47?,53+,56-,58+/m1/s1. The van der Waals surface area contributed by atoms with E-state index in [-0.39, 0.29) is 54.4 Å². The molecule has 3 amide bonds. The van der Waals surface area contributed by atoms with Crippen LogP contribution in [0.1, 0.15) is 65.6 Å². The van der Waals surface area contributed by atoms with Gasteiger partial charge in [0, 0.05) is 48.4 Å². The Morgan fingerprint density at radius 2 is 1.37 bits per heavy atom. The highest BCUT2D eigenvalue weighted by molar-refractivity contribution is 6.91. The maximum absolute atomic E-state index is 16.0. The van der Waals surface area contributed by atoms with Crippen molar-refractivity contribution in [3.05, 3.63) is 185 Å². The molecule has 1 N–H and O–H groups in total. The number of aromatic nitrogens is 3. The fraction of sp³-hybridized carbons (Fsp3) is 0.293. The molecule has 5 heterocycles. The molecule has 7 aromatic rings. The van der Waals surface area contributed by atoms with Crippen molar-refractivity contribution in [1.29, 1.82) is 0 Å². The van der Waals surface area contributed by atoms with Crippen LogP contribution in [0.2, 0.25) is 18.6 Å². The summed E-state index contributed by atoms with van der Waals surface area (Å²) in [6.45, 7) is 7.55. The lowest BCUT2D eigenvalue weighted by Gasteiger charge is -2.37. The maximum atomic E-state index is 16.0. The van der Waals surface area contributed by atoms with E-state index in [1.165, 1.54) is 5.19 Å². The fourth-order valence-corrected chi connectivity index (χ4v) is 16.2. The van der Waals surface area contributed by atoms with Gasteiger partial charge in [0.25, 0.3) is 5.91 Å². The number of benzene rings is 6. The highest BCUT2D eigenvalue weighted by atomic mass is 28.3. The Kier molecular flexibility index (Phi) is 12.1. The highest BCUT2D eigenvalue weighted by Crippen LogP contribution is 2.61. The van der Waals surface area contributed by atoms with Crippen molar-refractivity contribution < 1.29 is 29.0 Å². The molecule has 11 rings (SSSR count). The van der Waals surface area contributed by atoms with Crippen molar-refractivity contribution in [3.63, 3.8) is 0 Å². The minimum Gasteiger partial charge on any atom is -0.497 e. The van der Waals surface area contributed by atoms with Crippen molar-refractivity contribution in [1.82, 2.24) is 15.0 Å². The average molecular weight is 963 g/mol. The van der Waals surface area contributed by atoms with Gasteiger partial charge in [-0.15, -0.1) is 5.10 Å². The van der Waals surface area contributed by atoms with Crippen molar-refractivity contribution in [2.24, 2.45) is 5.92 Å². The number of methoxy groups -OCH3 is 1. The molecule has 0 bridgehead atoms. The van der Waals surface area contributed by atoms with E-state index < -0.39 is 13.7 Å². The second kappa shape index (κ2) is 18.5. The zero-order valence-corrected chi connectivity index (χ0v) is 41.6. The first-order chi connectivity index (χ1) is 34.5. The number of hydrogen-bond acceptors (Lipinski definition) is 8. The number of hydrogen-bond donors (Lipinski definition) is 1. The smallest absolute Gasteiger partial charge is 0.264 e. The topological polar surface area (TPSA) is 130 Å². The number of amides is 3. The average Bonchev–Trinajstić information content (AvgIpc) is 4.06. The summed E-state index contributed by atoms with van der Waals surface area (Å²) in [7, 11) is -0.863. The van der Waals surface area contributed by atoms with Gasteiger partial charge in [0.1, 0.15) is 5.75 Å². The van der Waals surface area contributed by atoms with E-state index in [4.69, 9.17) is 9.47 Å². The lowest BCUT2D eigenvalue weighted by Crippen LogP contribution is -2.51. The molecule has 1 aromatic heterocycles. The predicted octanol–water partition coefficient (Wildman–Crippen LogP) is 9.49. The predicted molar refractivity (Wildman–Crippen MR) is 277 cm³/mol. The Bertz CT molecular complexity index is 3140. The fourth-order valence-electron chi connectivity index (χ4n) is 12.1. The maximum Gasteiger partial charge on any atom is 0.264 e. The zero-order chi connectivity index (χ0) is 49.0. The van der Waals surface area contributed by atoms with Crippen LogP contribution in [0.4, 0.5) is 28.4 Å². The number of carbonyl (C=O) groups is 3. The van der Waals surface area contributed by atoms with E-state index in [1.807, 2.05) is 137 Å². The second-order valence-corrected chi connectivity index (χ2v) is 24.7. The third-order valence-corrected chi connectivity index (χ3v) is 20.1. The first kappa shape index (κ1) is 46.2. The van der Waals surface area contributed by atoms with Gasteiger partial charge in [-0.2, -0.15) is 0 Å². The molecule has 5 atom stereocenters. The molecular weight excluding hydrogens is 905 g/mol. The molecule has 0 saturated carbocycles. The highest BCUT2D eigenvalue weighted by Gasteiger charge is 2.66. The number of fused-ring (bicyclic) bond motifs is 4. The largest absolute Gasteiger partial charge is 0.497 e. The van der Waals surface area contributed by atoms with Gasteiger partial charge in [0.05, 0.1) is 63.1 Å². The molecule has 0 aliphatic carbocycles.